The van der Waals surface area contributed by atoms with Gasteiger partial charge in [-0.25, -0.2) is 0 Å². The lowest BCUT2D eigenvalue weighted by molar-refractivity contribution is -0.133. The number of nitrogens with zero attached hydrogens (tertiary/aromatic N) is 1. The molecule has 1 aromatic carbocycles. The van der Waals surface area contributed by atoms with Crippen molar-refractivity contribution >= 4 is 16.0 Å². The van der Waals surface area contributed by atoms with Gasteiger partial charge in [0, 0.05) is 19.0 Å². The molecule has 0 spiro atoms. The van der Waals surface area contributed by atoms with E-state index in [1.54, 1.807) is 26.0 Å². The molecule has 0 saturated heterocycles. The van der Waals surface area contributed by atoms with Crippen molar-refractivity contribution in [2.24, 2.45) is 5.92 Å². The number of methoxy groups -OCH3 is 1. The molecule has 0 aliphatic heterocycles. The van der Waals surface area contributed by atoms with Crippen LogP contribution in [0.4, 0.5) is 0 Å². The highest BCUT2D eigenvalue weighted by Gasteiger charge is 2.32. The zero-order valence-electron chi connectivity index (χ0n) is 16.2. The highest BCUT2D eigenvalue weighted by atomic mass is 32.2. The monoisotopic (exact) mass is 383 g/mol. The number of rotatable bonds is 9. The first-order chi connectivity index (χ1) is 12.1. The first-order valence-electron chi connectivity index (χ1n) is 9.03. The van der Waals surface area contributed by atoms with Crippen molar-refractivity contribution in [2.75, 3.05) is 7.11 Å². The maximum atomic E-state index is 12.5. The van der Waals surface area contributed by atoms with Gasteiger partial charge >= 0.3 is 10.1 Å². The number of benzene rings is 1. The van der Waals surface area contributed by atoms with Gasteiger partial charge in [-0.1, -0.05) is 19.9 Å². The van der Waals surface area contributed by atoms with Crippen LogP contribution in [0, 0.1) is 5.92 Å². The second-order valence-electron chi connectivity index (χ2n) is 7.46. The Kier molecular flexibility index (Phi) is 6.55. The van der Waals surface area contributed by atoms with E-state index in [2.05, 4.69) is 0 Å². The van der Waals surface area contributed by atoms with Crippen molar-refractivity contribution in [2.45, 2.75) is 64.8 Å². The van der Waals surface area contributed by atoms with E-state index in [0.29, 0.717) is 24.6 Å². The normalized spacial score (nSPS) is 14.6. The van der Waals surface area contributed by atoms with E-state index < -0.39 is 15.4 Å². The summed E-state index contributed by atoms with van der Waals surface area (Å²) in [4.78, 5) is 14.4. The third-order valence-electron chi connectivity index (χ3n) is 4.26. The van der Waals surface area contributed by atoms with Crippen LogP contribution in [-0.4, -0.2) is 37.6 Å². The molecule has 1 aliphatic carbocycles. The van der Waals surface area contributed by atoms with Crippen LogP contribution in [-0.2, 0) is 21.5 Å². The Morgan fingerprint density at radius 2 is 1.85 bits per heavy atom. The summed E-state index contributed by atoms with van der Waals surface area (Å²) in [5.41, 5.74) is 0.823. The fraction of sp³-hybridized carbons (Fsp3) is 0.632. The van der Waals surface area contributed by atoms with E-state index in [-0.39, 0.29) is 17.7 Å². The highest BCUT2D eigenvalue weighted by molar-refractivity contribution is 7.87. The van der Waals surface area contributed by atoms with Crippen molar-refractivity contribution < 1.29 is 22.1 Å². The largest absolute Gasteiger partial charge is 0.493 e. The summed E-state index contributed by atoms with van der Waals surface area (Å²) < 4.78 is 34.7. The summed E-state index contributed by atoms with van der Waals surface area (Å²) in [6, 6.07) is 5.45. The number of ether oxygens (including phenoxy) is 1. The Bertz CT molecular complexity index is 738. The smallest absolute Gasteiger partial charge is 0.311 e. The van der Waals surface area contributed by atoms with Crippen molar-refractivity contribution in [1.29, 1.82) is 0 Å². The van der Waals surface area contributed by atoms with E-state index in [1.165, 1.54) is 7.11 Å². The van der Waals surface area contributed by atoms with Crippen LogP contribution in [0.25, 0.3) is 0 Å². The molecule has 0 atom stereocenters. The van der Waals surface area contributed by atoms with Crippen molar-refractivity contribution in [1.82, 2.24) is 4.90 Å². The Balaban J connectivity index is 2.23. The summed E-state index contributed by atoms with van der Waals surface area (Å²) in [5, 5.41) is -0.661. The molecule has 0 bridgehead atoms. The Morgan fingerprint density at radius 1 is 1.19 bits per heavy atom. The first kappa shape index (κ1) is 20.6. The molecule has 1 aromatic rings. The first-order valence-corrected chi connectivity index (χ1v) is 10.5. The van der Waals surface area contributed by atoms with Crippen LogP contribution in [0.15, 0.2) is 18.2 Å². The van der Waals surface area contributed by atoms with Crippen LogP contribution < -0.4 is 8.92 Å². The van der Waals surface area contributed by atoms with Gasteiger partial charge in [0.25, 0.3) is 0 Å². The molecule has 6 nitrogen and oxygen atoms in total. The maximum Gasteiger partial charge on any atom is 0.311 e. The zero-order chi connectivity index (χ0) is 19.5. The fourth-order valence-corrected chi connectivity index (χ4v) is 3.15. The standard InChI is InChI=1S/C19H29NO5S/c1-13(2)10-19(21)20(16-7-8-16)12-15-6-9-17(24-5)18(11-15)25-26(22,23)14(3)4/h6,9,11,13-14,16H,7-8,10,12H2,1-5H3. The molecule has 1 aliphatic rings. The van der Waals surface area contributed by atoms with Crippen LogP contribution >= 0.6 is 0 Å². The van der Waals surface area contributed by atoms with Crippen molar-refractivity contribution in [3.63, 3.8) is 0 Å². The lowest BCUT2D eigenvalue weighted by Crippen LogP contribution is -2.33. The van der Waals surface area contributed by atoms with Crippen molar-refractivity contribution in [3.05, 3.63) is 23.8 Å². The highest BCUT2D eigenvalue weighted by Crippen LogP contribution is 2.33. The summed E-state index contributed by atoms with van der Waals surface area (Å²) in [5.74, 6) is 0.945. The fourth-order valence-electron chi connectivity index (χ4n) is 2.58. The number of hydrogen-bond donors (Lipinski definition) is 0. The minimum Gasteiger partial charge on any atom is -0.493 e. The minimum atomic E-state index is -3.73. The molecule has 0 N–H and O–H groups in total. The molecular weight excluding hydrogens is 354 g/mol. The molecule has 1 fully saturated rings. The quantitative estimate of drug-likeness (QED) is 0.612. The van der Waals surface area contributed by atoms with Gasteiger partial charge in [0.1, 0.15) is 0 Å². The summed E-state index contributed by atoms with van der Waals surface area (Å²) >= 11 is 0. The zero-order valence-corrected chi connectivity index (χ0v) is 17.0. The lowest BCUT2D eigenvalue weighted by Gasteiger charge is -2.24. The molecule has 1 saturated carbocycles. The second kappa shape index (κ2) is 8.29. The average molecular weight is 384 g/mol. The van der Waals surface area contributed by atoms with E-state index in [1.807, 2.05) is 24.8 Å². The van der Waals surface area contributed by atoms with Crippen LogP contribution in [0.5, 0.6) is 11.5 Å². The van der Waals surface area contributed by atoms with Gasteiger partial charge in [-0.15, -0.1) is 0 Å². The average Bonchev–Trinajstić information content (AvgIpc) is 3.36. The van der Waals surface area contributed by atoms with Gasteiger partial charge in [0.15, 0.2) is 11.5 Å². The van der Waals surface area contributed by atoms with Crippen LogP contribution in [0.2, 0.25) is 0 Å². The van der Waals surface area contributed by atoms with Gasteiger partial charge < -0.3 is 13.8 Å². The van der Waals surface area contributed by atoms with Crippen LogP contribution in [0.3, 0.4) is 0 Å². The molecule has 146 valence electrons. The maximum absolute atomic E-state index is 12.5. The molecule has 0 unspecified atom stereocenters. The summed E-state index contributed by atoms with van der Waals surface area (Å²) in [6.45, 7) is 7.62. The Morgan fingerprint density at radius 3 is 2.35 bits per heavy atom. The molecular formula is C19H29NO5S. The van der Waals surface area contributed by atoms with Crippen LogP contribution in [0.1, 0.15) is 52.5 Å². The van der Waals surface area contributed by atoms with Gasteiger partial charge in [0.05, 0.1) is 12.4 Å². The Labute approximate surface area is 156 Å². The predicted molar refractivity (Wildman–Crippen MR) is 101 cm³/mol. The van der Waals surface area contributed by atoms with Gasteiger partial charge in [-0.3, -0.25) is 4.79 Å². The van der Waals surface area contributed by atoms with E-state index >= 15 is 0 Å². The predicted octanol–water partition coefficient (Wildman–Crippen LogP) is 3.35. The minimum absolute atomic E-state index is 0.135. The van der Waals surface area contributed by atoms with E-state index in [0.717, 1.165) is 18.4 Å². The second-order valence-corrected chi connectivity index (χ2v) is 9.56. The Hall–Kier alpha value is -1.76. The number of carbonyl (C=O) groups excluding carboxylic acids is 1. The van der Waals surface area contributed by atoms with E-state index in [4.69, 9.17) is 8.92 Å². The SMILES string of the molecule is COc1ccc(CN(C(=O)CC(C)C)C2CC2)cc1OS(=O)(=O)C(C)C. The van der Waals surface area contributed by atoms with E-state index in [9.17, 15) is 13.2 Å². The number of carbonyl (C=O) groups is 1. The third-order valence-corrected chi connectivity index (χ3v) is 5.82. The molecule has 0 heterocycles. The molecule has 0 aromatic heterocycles. The lowest BCUT2D eigenvalue weighted by atomic mass is 10.1. The summed E-state index contributed by atoms with van der Waals surface area (Å²) in [7, 11) is -2.26. The number of amides is 1. The molecule has 2 rings (SSSR count). The summed E-state index contributed by atoms with van der Waals surface area (Å²) in [6.07, 6.45) is 2.55. The van der Waals surface area contributed by atoms with Crippen molar-refractivity contribution in [3.8, 4) is 11.5 Å². The molecule has 26 heavy (non-hydrogen) atoms. The molecule has 1 amide bonds. The third kappa shape index (κ3) is 5.37. The molecule has 7 heteroatoms. The van der Waals surface area contributed by atoms with Gasteiger partial charge in [-0.2, -0.15) is 8.42 Å². The topological polar surface area (TPSA) is 72.9 Å². The molecule has 0 radical (unpaired) electrons. The number of hydrogen-bond acceptors (Lipinski definition) is 5. The van der Waals surface area contributed by atoms with Gasteiger partial charge in [-0.05, 0) is 50.3 Å². The van der Waals surface area contributed by atoms with Gasteiger partial charge in [0.2, 0.25) is 5.91 Å².